The van der Waals surface area contributed by atoms with E-state index in [9.17, 15) is 10.1 Å². The molecule has 0 heterocycles. The van der Waals surface area contributed by atoms with Gasteiger partial charge in [0.15, 0.2) is 0 Å². The lowest BCUT2D eigenvalue weighted by atomic mass is 10.2. The average Bonchev–Trinajstić information content (AvgIpc) is 2.40. The summed E-state index contributed by atoms with van der Waals surface area (Å²) in [7, 11) is 0. The summed E-state index contributed by atoms with van der Waals surface area (Å²) in [5.41, 5.74) is 1.01. The van der Waals surface area contributed by atoms with Crippen molar-refractivity contribution in [3.8, 4) is 0 Å². The Balaban J connectivity index is 2.98. The highest BCUT2D eigenvalue weighted by Crippen LogP contribution is 2.15. The van der Waals surface area contributed by atoms with E-state index in [2.05, 4.69) is 0 Å². The molecule has 0 fully saturated rings. The second-order valence-corrected chi connectivity index (χ2v) is 2.23. The fourth-order valence-corrected chi connectivity index (χ4v) is 1.01. The molecular formula is C8H9NO2. The molecule has 58 valence electrons. The molecule has 0 radical (unpaired) electrons. The third-order valence-corrected chi connectivity index (χ3v) is 1.55. The van der Waals surface area contributed by atoms with E-state index < -0.39 is 0 Å². The fourth-order valence-electron chi connectivity index (χ4n) is 1.01. The Kier molecular flexibility index (Phi) is 2.21. The third kappa shape index (κ3) is 1.55. The van der Waals surface area contributed by atoms with Crippen molar-refractivity contribution >= 4 is 0 Å². The normalized spacial score (nSPS) is 14.1. The number of allylic oxidation sites excluding steroid dienone is 6. The highest BCUT2D eigenvalue weighted by atomic mass is 16.6. The van der Waals surface area contributed by atoms with Crippen molar-refractivity contribution in [2.75, 3.05) is 0 Å². The lowest BCUT2D eigenvalue weighted by molar-refractivity contribution is -0.428. The molecule has 3 heteroatoms. The fraction of sp³-hybridized carbons (Fsp3) is 0.250. The zero-order valence-electron chi connectivity index (χ0n) is 6.28. The molecule has 11 heavy (non-hydrogen) atoms. The molecule has 1 rings (SSSR count). The highest BCUT2D eigenvalue weighted by Gasteiger charge is 2.12. The van der Waals surface area contributed by atoms with E-state index in [4.69, 9.17) is 0 Å². The number of nitro groups is 1. The Morgan fingerprint density at radius 1 is 1.55 bits per heavy atom. The predicted octanol–water partition coefficient (Wildman–Crippen LogP) is 2.05. The van der Waals surface area contributed by atoms with E-state index in [0.29, 0.717) is 6.42 Å². The van der Waals surface area contributed by atoms with Crippen LogP contribution in [0.5, 0.6) is 0 Å². The third-order valence-electron chi connectivity index (χ3n) is 1.55. The molecular weight excluding hydrogens is 142 g/mol. The Bertz CT molecular complexity index is 247. The number of hydrogen-bond donors (Lipinski definition) is 0. The zero-order chi connectivity index (χ0) is 8.27. The Labute approximate surface area is 64.9 Å². The molecule has 1 aliphatic carbocycles. The molecule has 1 aliphatic rings. The first-order chi connectivity index (χ1) is 5.25. The second-order valence-electron chi connectivity index (χ2n) is 2.23. The van der Waals surface area contributed by atoms with Crippen LogP contribution in [0.1, 0.15) is 13.3 Å². The van der Waals surface area contributed by atoms with Crippen molar-refractivity contribution in [3.63, 3.8) is 0 Å². The summed E-state index contributed by atoms with van der Waals surface area (Å²) in [5.74, 6) is 0. The van der Waals surface area contributed by atoms with E-state index in [1.54, 1.807) is 31.2 Å². The first kappa shape index (κ1) is 7.72. The first-order valence-corrected chi connectivity index (χ1v) is 3.48. The smallest absolute Gasteiger partial charge is 0.253 e. The molecule has 0 aromatic heterocycles. The van der Waals surface area contributed by atoms with Crippen molar-refractivity contribution in [2.45, 2.75) is 13.3 Å². The van der Waals surface area contributed by atoms with Crippen molar-refractivity contribution < 1.29 is 4.92 Å². The van der Waals surface area contributed by atoms with E-state index in [-0.39, 0.29) is 10.6 Å². The second kappa shape index (κ2) is 3.14. The molecule has 0 saturated heterocycles. The molecule has 0 aromatic carbocycles. The van der Waals surface area contributed by atoms with Crippen molar-refractivity contribution in [2.24, 2.45) is 0 Å². The van der Waals surface area contributed by atoms with Crippen molar-refractivity contribution in [3.05, 3.63) is 45.7 Å². The monoisotopic (exact) mass is 151 g/mol. The summed E-state index contributed by atoms with van der Waals surface area (Å²) < 4.78 is 0. The number of hydrogen-bond acceptors (Lipinski definition) is 2. The van der Waals surface area contributed by atoms with Gasteiger partial charge >= 0.3 is 0 Å². The van der Waals surface area contributed by atoms with Crippen LogP contribution in [0.3, 0.4) is 0 Å². The predicted molar refractivity (Wildman–Crippen MR) is 42.6 cm³/mol. The maximum Gasteiger partial charge on any atom is 0.253 e. The largest absolute Gasteiger partial charge is 0.259 e. The van der Waals surface area contributed by atoms with Crippen LogP contribution in [0.25, 0.3) is 0 Å². The summed E-state index contributed by atoms with van der Waals surface area (Å²) in [5, 5.41) is 10.4. The topological polar surface area (TPSA) is 43.1 Å². The maximum atomic E-state index is 10.4. The lowest BCUT2D eigenvalue weighted by Gasteiger charge is -1.94. The molecule has 0 aliphatic heterocycles. The van der Waals surface area contributed by atoms with Crippen LogP contribution >= 0.6 is 0 Å². The van der Waals surface area contributed by atoms with Gasteiger partial charge in [0, 0.05) is 12.0 Å². The SMILES string of the molecule is CCC(=C1C=CC=C1)[N+](=O)[O-]. The minimum absolute atomic E-state index is 0.287. The quantitative estimate of drug-likeness (QED) is 0.447. The van der Waals surface area contributed by atoms with Gasteiger partial charge in [-0.25, -0.2) is 0 Å². The highest BCUT2D eigenvalue weighted by molar-refractivity contribution is 5.41. The first-order valence-electron chi connectivity index (χ1n) is 3.48. The van der Waals surface area contributed by atoms with Gasteiger partial charge in [0.05, 0.1) is 4.92 Å². The number of nitrogens with zero attached hydrogens (tertiary/aromatic N) is 1. The van der Waals surface area contributed by atoms with Gasteiger partial charge in [-0.3, -0.25) is 10.1 Å². The molecule has 0 N–H and O–H groups in total. The van der Waals surface area contributed by atoms with Gasteiger partial charge in [-0.2, -0.15) is 0 Å². The van der Waals surface area contributed by atoms with E-state index in [1.165, 1.54) is 0 Å². The van der Waals surface area contributed by atoms with Crippen LogP contribution in [0, 0.1) is 10.1 Å². The van der Waals surface area contributed by atoms with Gasteiger partial charge in [0.2, 0.25) is 0 Å². The van der Waals surface area contributed by atoms with E-state index in [0.717, 1.165) is 5.57 Å². The standard InChI is InChI=1S/C8H9NO2/c1-2-8(9(10)11)7-5-3-4-6-7/h3-6H,2H2,1H3. The van der Waals surface area contributed by atoms with Gasteiger partial charge in [-0.1, -0.05) is 19.1 Å². The Morgan fingerprint density at radius 3 is 2.45 bits per heavy atom. The lowest BCUT2D eigenvalue weighted by Crippen LogP contribution is -1.99. The Hall–Kier alpha value is -1.38. The molecule has 3 nitrogen and oxygen atoms in total. The van der Waals surface area contributed by atoms with E-state index in [1.807, 2.05) is 0 Å². The minimum atomic E-state index is -0.324. The van der Waals surface area contributed by atoms with Crippen LogP contribution in [-0.2, 0) is 0 Å². The molecule has 0 unspecified atom stereocenters. The molecule has 0 saturated carbocycles. The maximum absolute atomic E-state index is 10.4. The van der Waals surface area contributed by atoms with Gasteiger partial charge in [-0.15, -0.1) is 0 Å². The summed E-state index contributed by atoms with van der Waals surface area (Å²) >= 11 is 0. The van der Waals surface area contributed by atoms with Crippen LogP contribution < -0.4 is 0 Å². The van der Waals surface area contributed by atoms with Gasteiger partial charge in [-0.05, 0) is 12.2 Å². The molecule has 0 atom stereocenters. The van der Waals surface area contributed by atoms with Gasteiger partial charge < -0.3 is 0 Å². The summed E-state index contributed by atoms with van der Waals surface area (Å²) in [6, 6.07) is 0. The van der Waals surface area contributed by atoms with Crippen molar-refractivity contribution in [1.82, 2.24) is 0 Å². The van der Waals surface area contributed by atoms with Crippen LogP contribution in [0.2, 0.25) is 0 Å². The number of rotatable bonds is 2. The van der Waals surface area contributed by atoms with Crippen LogP contribution in [0.15, 0.2) is 35.6 Å². The van der Waals surface area contributed by atoms with Crippen LogP contribution in [0.4, 0.5) is 0 Å². The minimum Gasteiger partial charge on any atom is -0.259 e. The summed E-state index contributed by atoms with van der Waals surface area (Å²) in [6.07, 6.45) is 7.57. The van der Waals surface area contributed by atoms with Crippen LogP contribution in [-0.4, -0.2) is 4.92 Å². The Morgan fingerprint density at radius 2 is 2.09 bits per heavy atom. The zero-order valence-corrected chi connectivity index (χ0v) is 6.28. The van der Waals surface area contributed by atoms with Crippen molar-refractivity contribution in [1.29, 1.82) is 0 Å². The average molecular weight is 151 g/mol. The van der Waals surface area contributed by atoms with Gasteiger partial charge in [0.25, 0.3) is 5.70 Å². The molecule has 0 spiro atoms. The summed E-state index contributed by atoms with van der Waals surface area (Å²) in [6.45, 7) is 1.78. The van der Waals surface area contributed by atoms with Gasteiger partial charge in [0.1, 0.15) is 0 Å². The molecule has 0 amide bonds. The molecule has 0 aromatic rings. The summed E-state index contributed by atoms with van der Waals surface area (Å²) in [4.78, 5) is 10.1. The molecule has 0 bridgehead atoms. The van der Waals surface area contributed by atoms with E-state index >= 15 is 0 Å².